The second-order valence-electron chi connectivity index (χ2n) is 6.53. The molecule has 0 fully saturated rings. The van der Waals surface area contributed by atoms with Gasteiger partial charge in [0.1, 0.15) is 5.76 Å². The highest BCUT2D eigenvalue weighted by Gasteiger charge is 2.27. The minimum atomic E-state index is -0.236. The quantitative estimate of drug-likeness (QED) is 0.748. The van der Waals surface area contributed by atoms with Gasteiger partial charge in [0.25, 0.3) is 0 Å². The summed E-state index contributed by atoms with van der Waals surface area (Å²) < 4.78 is 5.52. The molecule has 0 aromatic rings. The number of rotatable bonds is 6. The molecule has 0 saturated heterocycles. The first-order chi connectivity index (χ1) is 11.6. The van der Waals surface area contributed by atoms with Crippen LogP contribution in [0.2, 0.25) is 0 Å². The minimum Gasteiger partial charge on any atom is -0.422 e. The minimum absolute atomic E-state index is 0.0916. The van der Waals surface area contributed by atoms with E-state index in [1.54, 1.807) is 6.08 Å². The maximum absolute atomic E-state index is 12.6. The molecular formula is C21H24O3. The smallest absolute Gasteiger partial charge is 0.340 e. The number of ketones is 1. The zero-order valence-corrected chi connectivity index (χ0v) is 14.7. The van der Waals surface area contributed by atoms with Crippen molar-refractivity contribution in [3.63, 3.8) is 0 Å². The van der Waals surface area contributed by atoms with Gasteiger partial charge in [0.15, 0.2) is 5.78 Å². The van der Waals surface area contributed by atoms with Crippen LogP contribution < -0.4 is 5.63 Å². The van der Waals surface area contributed by atoms with Crippen LogP contribution in [-0.2, 0) is 12.8 Å². The van der Waals surface area contributed by atoms with E-state index in [0.29, 0.717) is 12.2 Å². The number of fused-ring (bicyclic) bond motifs is 2. The van der Waals surface area contributed by atoms with Crippen molar-refractivity contribution in [3.05, 3.63) is 50.9 Å². The van der Waals surface area contributed by atoms with Gasteiger partial charge in [0.05, 0.1) is 0 Å². The average Bonchev–Trinajstić information content (AvgIpc) is 2.93. The predicted octanol–water partition coefficient (Wildman–Crippen LogP) is 5.03. The molecule has 0 saturated carbocycles. The molecule has 3 rings (SSSR count). The van der Waals surface area contributed by atoms with Gasteiger partial charge in [-0.1, -0.05) is 40.0 Å². The van der Waals surface area contributed by atoms with Crippen molar-refractivity contribution in [1.82, 2.24) is 0 Å². The van der Waals surface area contributed by atoms with Crippen LogP contribution in [0.1, 0.15) is 73.5 Å². The van der Waals surface area contributed by atoms with Crippen molar-refractivity contribution in [2.75, 3.05) is 0 Å². The lowest BCUT2D eigenvalue weighted by Crippen LogP contribution is -2.01. The van der Waals surface area contributed by atoms with Crippen LogP contribution in [0.4, 0.5) is 0 Å². The molecule has 3 nitrogen and oxygen atoms in total. The standard InChI is InChI=1S/C21H24O3/c1-4-7-13-10-18(22)20-14(8-5-2)11-19-17(12-16(13)20)15(9-6-3)21(23)24-19/h10-12H,4-9H2,1-3H3. The van der Waals surface area contributed by atoms with Gasteiger partial charge in [0.2, 0.25) is 0 Å². The molecule has 0 aromatic heterocycles. The van der Waals surface area contributed by atoms with E-state index in [1.165, 1.54) is 0 Å². The molecule has 24 heavy (non-hydrogen) atoms. The fourth-order valence-electron chi connectivity index (χ4n) is 3.64. The van der Waals surface area contributed by atoms with E-state index < -0.39 is 0 Å². The zero-order chi connectivity index (χ0) is 17.3. The third-order valence-electron chi connectivity index (χ3n) is 4.66. The number of furan rings is 1. The first kappa shape index (κ1) is 16.7. The Morgan fingerprint density at radius 3 is 2.25 bits per heavy atom. The summed E-state index contributed by atoms with van der Waals surface area (Å²) in [5.74, 6) is 0.707. The summed E-state index contributed by atoms with van der Waals surface area (Å²) >= 11 is 0. The molecule has 0 bridgehead atoms. The van der Waals surface area contributed by atoms with Crippen LogP contribution in [0.25, 0.3) is 16.9 Å². The van der Waals surface area contributed by atoms with Crippen molar-refractivity contribution in [3.8, 4) is 11.3 Å². The highest BCUT2D eigenvalue weighted by Crippen LogP contribution is 2.38. The van der Waals surface area contributed by atoms with Gasteiger partial charge in [0, 0.05) is 16.7 Å². The average molecular weight is 324 g/mol. The monoisotopic (exact) mass is 324 g/mol. The normalized spacial score (nSPS) is 13.5. The number of hydrogen-bond acceptors (Lipinski definition) is 3. The van der Waals surface area contributed by atoms with Crippen LogP contribution in [-0.4, -0.2) is 5.78 Å². The number of aryl methyl sites for hydroxylation is 1. The lowest BCUT2D eigenvalue weighted by molar-refractivity contribution is 0.104. The zero-order valence-electron chi connectivity index (χ0n) is 14.7. The molecule has 0 radical (unpaired) electrons. The molecule has 0 amide bonds. The molecule has 0 spiro atoms. The fraction of sp³-hybridized carbons (Fsp3) is 0.429. The van der Waals surface area contributed by atoms with E-state index in [-0.39, 0.29) is 11.4 Å². The first-order valence-corrected chi connectivity index (χ1v) is 8.98. The summed E-state index contributed by atoms with van der Waals surface area (Å²) in [7, 11) is 0. The maximum atomic E-state index is 12.6. The second-order valence-corrected chi connectivity index (χ2v) is 6.53. The SMILES string of the molecule is CCCC1=CC(=O)c2c(CCC)cc3oc(=O)c(CCC)c-3cc21. The van der Waals surface area contributed by atoms with Crippen LogP contribution in [0, 0.1) is 0 Å². The molecule has 1 heterocycles. The van der Waals surface area contributed by atoms with Crippen LogP contribution >= 0.6 is 0 Å². The lowest BCUT2D eigenvalue weighted by Gasteiger charge is -2.04. The molecule has 0 N–H and O–H groups in total. The van der Waals surface area contributed by atoms with E-state index >= 15 is 0 Å². The van der Waals surface area contributed by atoms with Gasteiger partial charge in [-0.25, -0.2) is 4.79 Å². The molecule has 2 aliphatic carbocycles. The van der Waals surface area contributed by atoms with Gasteiger partial charge < -0.3 is 4.42 Å². The summed E-state index contributed by atoms with van der Waals surface area (Å²) in [5.41, 5.74) is 5.26. The fourth-order valence-corrected chi connectivity index (χ4v) is 3.64. The Morgan fingerprint density at radius 2 is 1.58 bits per heavy atom. The third kappa shape index (κ3) is 2.72. The van der Waals surface area contributed by atoms with Crippen molar-refractivity contribution in [1.29, 1.82) is 0 Å². The Bertz CT molecular complexity index is 839. The van der Waals surface area contributed by atoms with E-state index in [2.05, 4.69) is 20.8 Å². The maximum Gasteiger partial charge on any atom is 0.340 e. The number of hydrogen-bond donors (Lipinski definition) is 0. The van der Waals surface area contributed by atoms with Crippen molar-refractivity contribution >= 4 is 11.4 Å². The van der Waals surface area contributed by atoms with E-state index in [1.807, 2.05) is 12.1 Å². The summed E-state index contributed by atoms with van der Waals surface area (Å²) in [6, 6.07) is 3.94. The summed E-state index contributed by atoms with van der Waals surface area (Å²) in [4.78, 5) is 24.8. The van der Waals surface area contributed by atoms with Gasteiger partial charge in [-0.05, 0) is 54.2 Å². The molecular weight excluding hydrogens is 300 g/mol. The number of carbonyl (C=O) groups excluding carboxylic acids is 1. The van der Waals surface area contributed by atoms with E-state index in [0.717, 1.165) is 65.5 Å². The topological polar surface area (TPSA) is 47.3 Å². The first-order valence-electron chi connectivity index (χ1n) is 8.98. The second kappa shape index (κ2) is 6.76. The van der Waals surface area contributed by atoms with Crippen LogP contribution in [0.3, 0.4) is 0 Å². The molecule has 0 atom stereocenters. The molecule has 3 aliphatic rings. The summed E-state index contributed by atoms with van der Waals surface area (Å²) in [6.45, 7) is 6.27. The predicted molar refractivity (Wildman–Crippen MR) is 96.8 cm³/mol. The number of allylic oxidation sites excluding steroid dienone is 2. The molecule has 0 aromatic carbocycles. The Hall–Kier alpha value is -2.16. The highest BCUT2D eigenvalue weighted by atomic mass is 16.4. The number of carbonyl (C=O) groups is 1. The van der Waals surface area contributed by atoms with Gasteiger partial charge in [-0.2, -0.15) is 0 Å². The van der Waals surface area contributed by atoms with Crippen LogP contribution in [0.15, 0.2) is 27.4 Å². The Kier molecular flexibility index (Phi) is 4.70. The molecule has 3 heteroatoms. The van der Waals surface area contributed by atoms with E-state index in [4.69, 9.17) is 4.42 Å². The van der Waals surface area contributed by atoms with Gasteiger partial charge in [-0.15, -0.1) is 0 Å². The van der Waals surface area contributed by atoms with E-state index in [9.17, 15) is 9.59 Å². The van der Waals surface area contributed by atoms with Crippen molar-refractivity contribution < 1.29 is 9.21 Å². The molecule has 0 unspecified atom stereocenters. The highest BCUT2D eigenvalue weighted by molar-refractivity contribution is 6.17. The van der Waals surface area contributed by atoms with Crippen molar-refractivity contribution in [2.45, 2.75) is 59.3 Å². The largest absolute Gasteiger partial charge is 0.422 e. The lowest BCUT2D eigenvalue weighted by atomic mass is 9.99. The van der Waals surface area contributed by atoms with Crippen LogP contribution in [0.5, 0.6) is 0 Å². The molecule has 1 aliphatic heterocycles. The Morgan fingerprint density at radius 1 is 0.875 bits per heavy atom. The third-order valence-corrected chi connectivity index (χ3v) is 4.66. The summed E-state index contributed by atoms with van der Waals surface area (Å²) in [6.07, 6.45) is 6.99. The van der Waals surface area contributed by atoms with Gasteiger partial charge in [-0.3, -0.25) is 4.79 Å². The van der Waals surface area contributed by atoms with Crippen molar-refractivity contribution in [2.24, 2.45) is 0 Å². The summed E-state index contributed by atoms with van der Waals surface area (Å²) in [5, 5.41) is 0. The Balaban J connectivity index is 2.32. The molecule has 126 valence electrons. The Labute approximate surface area is 142 Å². The van der Waals surface area contributed by atoms with Gasteiger partial charge >= 0.3 is 5.63 Å².